The average Bonchev–Trinajstić information content (AvgIpc) is 2.61. The van der Waals surface area contributed by atoms with Crippen LogP contribution in [0.25, 0.3) is 0 Å². The molecule has 1 aliphatic heterocycles. The molecule has 2 heterocycles. The molecular weight excluding hydrogens is 345 g/mol. The number of rotatable bonds is 5. The van der Waals surface area contributed by atoms with Crippen LogP contribution in [0.5, 0.6) is 0 Å². The van der Waals surface area contributed by atoms with Crippen molar-refractivity contribution in [2.24, 2.45) is 5.92 Å². The second-order valence-corrected chi connectivity index (χ2v) is 5.89. The highest BCUT2D eigenvalue weighted by Crippen LogP contribution is 2.35. The maximum atomic E-state index is 13.3. The summed E-state index contributed by atoms with van der Waals surface area (Å²) in [6.45, 7) is 0.683. The maximum absolute atomic E-state index is 13.3. The van der Waals surface area contributed by atoms with E-state index in [1.165, 1.54) is 24.5 Å². The van der Waals surface area contributed by atoms with Gasteiger partial charge in [0.2, 0.25) is 11.6 Å². The summed E-state index contributed by atoms with van der Waals surface area (Å²) in [7, 11) is 0. The maximum Gasteiger partial charge on any atom is 0.353 e. The Labute approximate surface area is 147 Å². The second kappa shape index (κ2) is 7.30. The highest BCUT2D eigenvalue weighted by Gasteiger charge is 2.31. The number of benzene rings is 1. The van der Waals surface area contributed by atoms with Crippen molar-refractivity contribution in [3.63, 3.8) is 0 Å². The fourth-order valence-electron chi connectivity index (χ4n) is 2.90. The lowest BCUT2D eigenvalue weighted by atomic mass is 9.97. The zero-order valence-corrected chi connectivity index (χ0v) is 13.6. The van der Waals surface area contributed by atoms with Gasteiger partial charge >= 0.3 is 11.7 Å². The van der Waals surface area contributed by atoms with E-state index in [2.05, 4.69) is 15.3 Å². The molecule has 1 aliphatic rings. The van der Waals surface area contributed by atoms with Gasteiger partial charge in [-0.2, -0.15) is 0 Å². The number of nitrogens with one attached hydrogen (secondary N) is 1. The predicted octanol–water partition coefficient (Wildman–Crippen LogP) is 2.57. The monoisotopic (exact) mass is 361 g/mol. The molecule has 26 heavy (non-hydrogen) atoms. The minimum absolute atomic E-state index is 0.0500. The van der Waals surface area contributed by atoms with Crippen molar-refractivity contribution in [3.05, 3.63) is 46.5 Å². The minimum Gasteiger partial charge on any atom is -0.481 e. The highest BCUT2D eigenvalue weighted by atomic mass is 19.1. The normalized spacial score (nSPS) is 14.9. The molecular formula is C16H16FN5O4. The molecule has 2 aromatic rings. The van der Waals surface area contributed by atoms with Crippen LogP contribution < -0.4 is 10.2 Å². The Kier molecular flexibility index (Phi) is 4.92. The molecule has 2 N–H and O–H groups in total. The van der Waals surface area contributed by atoms with Crippen molar-refractivity contribution >= 4 is 29.0 Å². The molecule has 1 aromatic heterocycles. The third-order valence-electron chi connectivity index (χ3n) is 4.22. The number of aromatic nitrogens is 2. The Morgan fingerprint density at radius 1 is 1.35 bits per heavy atom. The fraction of sp³-hybridized carbons (Fsp3) is 0.312. The first-order valence-corrected chi connectivity index (χ1v) is 7.95. The van der Waals surface area contributed by atoms with E-state index >= 15 is 0 Å². The number of carboxylic acid groups (broad SMARTS) is 1. The van der Waals surface area contributed by atoms with Crippen molar-refractivity contribution in [3.8, 4) is 0 Å². The van der Waals surface area contributed by atoms with Crippen molar-refractivity contribution in [1.82, 2.24) is 9.97 Å². The molecule has 1 aromatic carbocycles. The van der Waals surface area contributed by atoms with E-state index in [9.17, 15) is 19.3 Å². The van der Waals surface area contributed by atoms with Crippen LogP contribution in [-0.4, -0.2) is 39.1 Å². The number of nitro groups is 1. The fourth-order valence-corrected chi connectivity index (χ4v) is 2.90. The molecule has 10 heteroatoms. The molecule has 0 aliphatic carbocycles. The Hall–Kier alpha value is -3.30. The first kappa shape index (κ1) is 17.5. The summed E-state index contributed by atoms with van der Waals surface area (Å²) in [5.41, 5.74) is -0.00660. The Balaban J connectivity index is 1.89. The lowest BCUT2D eigenvalue weighted by Crippen LogP contribution is -2.37. The van der Waals surface area contributed by atoms with Crippen molar-refractivity contribution in [2.45, 2.75) is 12.8 Å². The molecule has 0 spiro atoms. The third kappa shape index (κ3) is 3.68. The summed E-state index contributed by atoms with van der Waals surface area (Å²) in [5.74, 6) is -1.74. The predicted molar refractivity (Wildman–Crippen MR) is 90.9 cm³/mol. The quantitative estimate of drug-likeness (QED) is 0.615. The summed E-state index contributed by atoms with van der Waals surface area (Å²) in [5, 5.41) is 23.4. The number of hydrogen-bond acceptors (Lipinski definition) is 7. The number of carbonyl (C=O) groups is 1. The van der Waals surface area contributed by atoms with Crippen LogP contribution in [0.3, 0.4) is 0 Å². The number of hydrogen-bond donors (Lipinski definition) is 2. The minimum atomic E-state index is -0.865. The summed E-state index contributed by atoms with van der Waals surface area (Å²) < 4.78 is 13.3. The van der Waals surface area contributed by atoms with Crippen LogP contribution in [-0.2, 0) is 4.79 Å². The topological polar surface area (TPSA) is 121 Å². The van der Waals surface area contributed by atoms with Gasteiger partial charge in [-0.1, -0.05) is 6.07 Å². The molecule has 0 bridgehead atoms. The molecule has 0 saturated carbocycles. The van der Waals surface area contributed by atoms with Gasteiger partial charge in [0, 0.05) is 18.8 Å². The van der Waals surface area contributed by atoms with Gasteiger partial charge in [0.15, 0.2) is 0 Å². The van der Waals surface area contributed by atoms with E-state index in [0.717, 1.165) is 0 Å². The number of nitrogens with zero attached hydrogens (tertiary/aromatic N) is 4. The number of carboxylic acids is 1. The Morgan fingerprint density at radius 3 is 2.69 bits per heavy atom. The molecule has 1 fully saturated rings. The first-order valence-electron chi connectivity index (χ1n) is 7.95. The van der Waals surface area contributed by atoms with Gasteiger partial charge < -0.3 is 15.3 Å². The summed E-state index contributed by atoms with van der Waals surface area (Å²) in [6, 6.07) is 5.50. The highest BCUT2D eigenvalue weighted by molar-refractivity contribution is 5.75. The molecule has 0 atom stereocenters. The van der Waals surface area contributed by atoms with Gasteiger partial charge in [-0.15, -0.1) is 0 Å². The zero-order valence-electron chi connectivity index (χ0n) is 13.6. The molecule has 0 unspecified atom stereocenters. The number of piperidine rings is 1. The van der Waals surface area contributed by atoms with Gasteiger partial charge in [-0.05, 0) is 31.0 Å². The largest absolute Gasteiger partial charge is 0.481 e. The molecule has 1 saturated heterocycles. The SMILES string of the molecule is O=C(O)C1CCN(c2ncnc(Nc3cccc(F)c3)c2[N+](=O)[O-])CC1. The molecule has 136 valence electrons. The van der Waals surface area contributed by atoms with Crippen molar-refractivity contribution < 1.29 is 19.2 Å². The summed E-state index contributed by atoms with van der Waals surface area (Å²) in [6.07, 6.45) is 1.94. The summed E-state index contributed by atoms with van der Waals surface area (Å²) >= 11 is 0. The van der Waals surface area contributed by atoms with Crippen molar-refractivity contribution in [1.29, 1.82) is 0 Å². The van der Waals surface area contributed by atoms with Crippen LogP contribution in [0, 0.1) is 21.8 Å². The number of aliphatic carboxylic acids is 1. The lowest BCUT2D eigenvalue weighted by molar-refractivity contribution is -0.383. The van der Waals surface area contributed by atoms with Gasteiger partial charge in [-0.3, -0.25) is 14.9 Å². The Bertz CT molecular complexity index is 839. The van der Waals surface area contributed by atoms with Crippen LogP contribution in [0.4, 0.5) is 27.4 Å². The van der Waals surface area contributed by atoms with E-state index < -0.39 is 22.6 Å². The zero-order chi connectivity index (χ0) is 18.7. The van der Waals surface area contributed by atoms with E-state index in [4.69, 9.17) is 5.11 Å². The molecule has 9 nitrogen and oxygen atoms in total. The summed E-state index contributed by atoms with van der Waals surface area (Å²) in [4.78, 5) is 31.7. The van der Waals surface area contributed by atoms with Crippen LogP contribution in [0.2, 0.25) is 0 Å². The van der Waals surface area contributed by atoms with E-state index in [1.807, 2.05) is 0 Å². The average molecular weight is 361 g/mol. The molecule has 0 amide bonds. The first-order chi connectivity index (χ1) is 12.5. The van der Waals surface area contributed by atoms with Crippen LogP contribution in [0.15, 0.2) is 30.6 Å². The van der Waals surface area contributed by atoms with Crippen LogP contribution in [0.1, 0.15) is 12.8 Å². The molecule has 3 rings (SSSR count). The lowest BCUT2D eigenvalue weighted by Gasteiger charge is -2.30. The molecule has 0 radical (unpaired) electrons. The number of anilines is 3. The van der Waals surface area contributed by atoms with Gasteiger partial charge in [0.1, 0.15) is 12.1 Å². The van der Waals surface area contributed by atoms with Gasteiger partial charge in [-0.25, -0.2) is 14.4 Å². The van der Waals surface area contributed by atoms with Crippen molar-refractivity contribution in [2.75, 3.05) is 23.3 Å². The van der Waals surface area contributed by atoms with E-state index in [0.29, 0.717) is 31.6 Å². The smallest absolute Gasteiger partial charge is 0.353 e. The van der Waals surface area contributed by atoms with Crippen LogP contribution >= 0.6 is 0 Å². The number of halogens is 1. The van der Waals surface area contributed by atoms with E-state index in [-0.39, 0.29) is 17.3 Å². The van der Waals surface area contributed by atoms with E-state index in [1.54, 1.807) is 11.0 Å². The third-order valence-corrected chi connectivity index (χ3v) is 4.22. The standard InChI is InChI=1S/C16H16FN5O4/c17-11-2-1-3-12(8-11)20-14-13(22(25)26)15(19-9-18-14)21-6-4-10(5-7-21)16(23)24/h1-3,8-10H,4-7H2,(H,23,24)(H,18,19,20). The second-order valence-electron chi connectivity index (χ2n) is 5.89. The van der Waals surface area contributed by atoms with Gasteiger partial charge in [0.25, 0.3) is 0 Å². The van der Waals surface area contributed by atoms with Gasteiger partial charge in [0.05, 0.1) is 10.8 Å². The Morgan fingerprint density at radius 2 is 2.08 bits per heavy atom.